The van der Waals surface area contributed by atoms with Crippen molar-refractivity contribution in [1.82, 2.24) is 4.31 Å². The number of ether oxygens (including phenoxy) is 1. The third-order valence-electron chi connectivity index (χ3n) is 3.81. The van der Waals surface area contributed by atoms with Gasteiger partial charge in [-0.1, -0.05) is 11.6 Å². The van der Waals surface area contributed by atoms with Crippen LogP contribution in [0.5, 0.6) is 5.75 Å². The molecule has 2 heterocycles. The third-order valence-corrected chi connectivity index (χ3v) is 6.88. The monoisotopic (exact) mass is 420 g/mol. The predicted molar refractivity (Wildman–Crippen MR) is 99.4 cm³/mol. The van der Waals surface area contributed by atoms with Crippen LogP contribution in [-0.4, -0.2) is 53.5 Å². The maximum atomic E-state index is 12.8. The van der Waals surface area contributed by atoms with Gasteiger partial charge < -0.3 is 15.2 Å². The Bertz CT molecular complexity index is 910. The lowest BCUT2D eigenvalue weighted by molar-refractivity contribution is 0.335. The van der Waals surface area contributed by atoms with Crippen molar-refractivity contribution in [3.05, 3.63) is 17.2 Å². The highest BCUT2D eigenvalue weighted by molar-refractivity contribution is 7.89. The van der Waals surface area contributed by atoms with Gasteiger partial charge in [0.25, 0.3) is 17.1 Å². The largest absolute Gasteiger partial charge is 0.504 e. The number of sulfonamides is 1. The van der Waals surface area contributed by atoms with Crippen LogP contribution < -0.4 is 5.32 Å². The van der Waals surface area contributed by atoms with E-state index >= 15 is 0 Å². The highest BCUT2D eigenvalue weighted by Crippen LogP contribution is 2.39. The Labute approximate surface area is 158 Å². The van der Waals surface area contributed by atoms with Gasteiger partial charge in [-0.15, -0.1) is 8.80 Å². The van der Waals surface area contributed by atoms with E-state index in [4.69, 9.17) is 16.3 Å². The predicted octanol–water partition coefficient (Wildman–Crippen LogP) is 1.67. The van der Waals surface area contributed by atoms with Crippen LogP contribution in [0.4, 0.5) is 5.69 Å². The van der Waals surface area contributed by atoms with E-state index in [2.05, 4.69) is 14.1 Å². The molecular formula is C14H17ClN4O5S2. The lowest BCUT2D eigenvalue weighted by atomic mass is 10.3. The van der Waals surface area contributed by atoms with E-state index in [9.17, 15) is 17.7 Å². The zero-order chi connectivity index (χ0) is 18.9. The lowest BCUT2D eigenvalue weighted by Crippen LogP contribution is -2.28. The second-order valence-electron chi connectivity index (χ2n) is 5.51. The molecule has 2 N–H and O–H groups in total. The first-order chi connectivity index (χ1) is 12.3. The molecule has 1 aromatic rings. The first kappa shape index (κ1) is 19.1. The number of phenols is 1. The second-order valence-corrected chi connectivity index (χ2v) is 8.62. The van der Waals surface area contributed by atoms with Crippen molar-refractivity contribution in [3.8, 4) is 5.75 Å². The molecule has 0 bridgehead atoms. The van der Waals surface area contributed by atoms with Crippen LogP contribution in [0.1, 0.15) is 19.8 Å². The quantitative estimate of drug-likeness (QED) is 0.714. The van der Waals surface area contributed by atoms with E-state index in [0.29, 0.717) is 13.1 Å². The number of halogens is 1. The summed E-state index contributed by atoms with van der Waals surface area (Å²) < 4.78 is 51.1. The molecule has 1 saturated heterocycles. The average molecular weight is 421 g/mol. The minimum atomic E-state index is -3.94. The molecule has 9 nitrogen and oxygen atoms in total. The molecule has 2 aliphatic rings. The molecule has 12 heteroatoms. The van der Waals surface area contributed by atoms with Crippen molar-refractivity contribution in [1.29, 1.82) is 0 Å². The van der Waals surface area contributed by atoms with E-state index in [1.54, 1.807) is 6.92 Å². The van der Waals surface area contributed by atoms with Gasteiger partial charge in [0, 0.05) is 13.1 Å². The van der Waals surface area contributed by atoms with Crippen LogP contribution in [0.15, 0.2) is 25.8 Å². The number of anilines is 1. The van der Waals surface area contributed by atoms with Gasteiger partial charge in [0.2, 0.25) is 15.9 Å². The van der Waals surface area contributed by atoms with Crippen molar-refractivity contribution in [2.75, 3.05) is 25.0 Å². The van der Waals surface area contributed by atoms with E-state index in [-0.39, 0.29) is 33.9 Å². The second kappa shape index (κ2) is 7.51. The summed E-state index contributed by atoms with van der Waals surface area (Å²) >= 11 is 4.22. The van der Waals surface area contributed by atoms with Gasteiger partial charge in [0.05, 0.1) is 17.3 Å². The van der Waals surface area contributed by atoms with Crippen LogP contribution in [0.25, 0.3) is 0 Å². The van der Waals surface area contributed by atoms with Gasteiger partial charge in [-0.25, -0.2) is 12.6 Å². The normalized spacial score (nSPS) is 20.8. The molecule has 0 spiro atoms. The molecular weight excluding hydrogens is 404 g/mol. The number of benzene rings is 1. The van der Waals surface area contributed by atoms with Crippen LogP contribution >= 0.6 is 11.6 Å². The molecule has 2 aliphatic heterocycles. The smallest absolute Gasteiger partial charge is 0.271 e. The topological polar surface area (TPSA) is 121 Å². The molecule has 0 saturated carbocycles. The molecule has 0 amide bonds. The van der Waals surface area contributed by atoms with Crippen LogP contribution in [0.3, 0.4) is 0 Å². The minimum Gasteiger partial charge on any atom is -0.504 e. The lowest BCUT2D eigenvalue weighted by Gasteiger charge is -2.19. The number of rotatable bonds is 4. The van der Waals surface area contributed by atoms with Crippen molar-refractivity contribution >= 4 is 50.2 Å². The number of nitrogens with one attached hydrogen (secondary N) is 1. The van der Waals surface area contributed by atoms with Crippen LogP contribution in [-0.2, 0) is 25.9 Å². The molecule has 0 radical (unpaired) electrons. The maximum Gasteiger partial charge on any atom is 0.271 e. The standard InChI is InChI=1S/C14H17ClN4O5S2/c1-2-24-14-13(17-25(21)18-14)16-10-6-5-9(15)12(11(10)20)26(22,23)19-7-3-4-8-19/h5-6,20H,2-4,7-8H2,1H3,(H,16,17). The molecule has 3 rings (SSSR count). The molecule has 1 fully saturated rings. The summed E-state index contributed by atoms with van der Waals surface area (Å²) in [5.74, 6) is -0.489. The Hall–Kier alpha value is -1.69. The first-order valence-electron chi connectivity index (χ1n) is 7.85. The minimum absolute atomic E-state index is 0.0177. The average Bonchev–Trinajstić information content (AvgIpc) is 3.21. The number of nitrogens with zero attached hydrogens (tertiary/aromatic N) is 3. The van der Waals surface area contributed by atoms with Crippen LogP contribution in [0, 0.1) is 0 Å². The number of hydrogen-bond donors (Lipinski definition) is 2. The van der Waals surface area contributed by atoms with Crippen LogP contribution in [0.2, 0.25) is 5.02 Å². The van der Waals surface area contributed by atoms with E-state index < -0.39 is 26.9 Å². The summed E-state index contributed by atoms with van der Waals surface area (Å²) in [6.07, 6.45) is 1.51. The summed E-state index contributed by atoms with van der Waals surface area (Å²) in [5.41, 5.74) is 0.0391. The highest BCUT2D eigenvalue weighted by Gasteiger charge is 2.33. The van der Waals surface area contributed by atoms with Gasteiger partial charge in [-0.3, -0.25) is 0 Å². The van der Waals surface area contributed by atoms with Gasteiger partial charge in [-0.2, -0.15) is 4.31 Å². The Morgan fingerprint density at radius 2 is 2.04 bits per heavy atom. The van der Waals surface area contributed by atoms with Gasteiger partial charge in [0.15, 0.2) is 5.75 Å². The van der Waals surface area contributed by atoms with Crippen molar-refractivity contribution in [2.45, 2.75) is 24.7 Å². The maximum absolute atomic E-state index is 12.8. The molecule has 1 atom stereocenters. The van der Waals surface area contributed by atoms with E-state index in [1.165, 1.54) is 16.4 Å². The number of aromatic hydroxyl groups is 1. The zero-order valence-electron chi connectivity index (χ0n) is 13.8. The Morgan fingerprint density at radius 3 is 2.69 bits per heavy atom. The summed E-state index contributed by atoms with van der Waals surface area (Å²) in [4.78, 5) is -0.374. The Kier molecular flexibility index (Phi) is 5.51. The van der Waals surface area contributed by atoms with Crippen molar-refractivity contribution in [2.24, 2.45) is 8.80 Å². The summed E-state index contributed by atoms with van der Waals surface area (Å²) in [5, 5.41) is 13.2. The van der Waals surface area contributed by atoms with E-state index in [0.717, 1.165) is 12.8 Å². The summed E-state index contributed by atoms with van der Waals surface area (Å²) in [6.45, 7) is 2.75. The molecule has 0 aromatic heterocycles. The summed E-state index contributed by atoms with van der Waals surface area (Å²) in [6, 6.07) is 2.75. The van der Waals surface area contributed by atoms with Gasteiger partial charge in [-0.05, 0) is 31.9 Å². The molecule has 26 heavy (non-hydrogen) atoms. The molecule has 0 aliphatic carbocycles. The summed E-state index contributed by atoms with van der Waals surface area (Å²) in [7, 11) is -3.94. The molecule has 1 unspecified atom stereocenters. The zero-order valence-corrected chi connectivity index (χ0v) is 16.2. The van der Waals surface area contributed by atoms with Gasteiger partial charge in [0.1, 0.15) is 4.90 Å². The molecule has 142 valence electrons. The Balaban J connectivity index is 1.97. The first-order valence-corrected chi connectivity index (χ1v) is 10.7. The third kappa shape index (κ3) is 3.56. The number of amidine groups is 1. The highest BCUT2D eigenvalue weighted by atomic mass is 35.5. The molecule has 1 aromatic carbocycles. The van der Waals surface area contributed by atoms with Crippen molar-refractivity contribution in [3.63, 3.8) is 0 Å². The fourth-order valence-electron chi connectivity index (χ4n) is 2.64. The number of hydrogen-bond acceptors (Lipinski definition) is 6. The van der Waals surface area contributed by atoms with E-state index in [1.807, 2.05) is 0 Å². The van der Waals surface area contributed by atoms with Crippen molar-refractivity contribution < 1.29 is 22.5 Å². The SMILES string of the molecule is CCOC1=NS(=O)N=C1Nc1ccc(Cl)c(S(=O)(=O)N2CCCC2)c1O. The Morgan fingerprint density at radius 1 is 1.35 bits per heavy atom. The number of phenolic OH excluding ortho intramolecular Hbond substituents is 1. The fraction of sp³-hybridized carbons (Fsp3) is 0.429. The van der Waals surface area contributed by atoms with Gasteiger partial charge >= 0.3 is 0 Å². The fourth-order valence-corrected chi connectivity index (χ4v) is 5.35.